The fourth-order valence-corrected chi connectivity index (χ4v) is 2.21. The molecule has 12 heteroatoms. The largest absolute Gasteiger partial charge is 0.370 e. The zero-order valence-corrected chi connectivity index (χ0v) is 14.7. The van der Waals surface area contributed by atoms with Crippen molar-refractivity contribution in [1.29, 1.82) is 0 Å². The Labute approximate surface area is 160 Å². The van der Waals surface area contributed by atoms with Crippen molar-refractivity contribution in [2.75, 3.05) is 11.9 Å². The number of benzene rings is 1. The summed E-state index contributed by atoms with van der Waals surface area (Å²) in [6.45, 7) is -2.35. The molecule has 1 aromatic heterocycles. The molecule has 1 heterocycles. The summed E-state index contributed by atoms with van der Waals surface area (Å²) in [4.78, 5) is 33.8. The van der Waals surface area contributed by atoms with Crippen molar-refractivity contribution in [3.05, 3.63) is 68.6 Å². The first kappa shape index (κ1) is 22.0. The predicted molar refractivity (Wildman–Crippen MR) is 93.0 cm³/mol. The van der Waals surface area contributed by atoms with E-state index in [-0.39, 0.29) is 11.4 Å². The smallest absolute Gasteiger partial charge is 0.330 e. The summed E-state index contributed by atoms with van der Waals surface area (Å²) in [6.07, 6.45) is -2.92. The first-order valence-corrected chi connectivity index (χ1v) is 8.06. The number of anilines is 1. The maximum absolute atomic E-state index is 12.8. The summed E-state index contributed by atoms with van der Waals surface area (Å²) in [5.74, 6) is -4.94. The van der Waals surface area contributed by atoms with Gasteiger partial charge in [0.25, 0.3) is 11.2 Å². The molecular formula is C17H15F4N3O5. The molecule has 0 fully saturated rings. The van der Waals surface area contributed by atoms with Crippen molar-refractivity contribution >= 4 is 17.3 Å². The molecule has 0 saturated heterocycles. The molecule has 156 valence electrons. The lowest BCUT2D eigenvalue weighted by Crippen LogP contribution is -2.32. The molecule has 0 radical (unpaired) electrons. The van der Waals surface area contributed by atoms with Gasteiger partial charge in [0.1, 0.15) is 13.2 Å². The van der Waals surface area contributed by atoms with E-state index in [1.165, 1.54) is 24.3 Å². The van der Waals surface area contributed by atoms with E-state index in [1.54, 1.807) is 0 Å². The Morgan fingerprint density at radius 3 is 2.66 bits per heavy atom. The van der Waals surface area contributed by atoms with E-state index in [0.29, 0.717) is 5.56 Å². The molecule has 2 rings (SSSR count). The third kappa shape index (κ3) is 6.38. The van der Waals surface area contributed by atoms with Gasteiger partial charge in [0.15, 0.2) is 0 Å². The maximum Gasteiger partial charge on any atom is 0.330 e. The molecule has 8 nitrogen and oxygen atoms in total. The Kier molecular flexibility index (Phi) is 7.04. The average molecular weight is 417 g/mol. The molecule has 0 spiro atoms. The third-order valence-corrected chi connectivity index (χ3v) is 3.59. The van der Waals surface area contributed by atoms with Gasteiger partial charge in [-0.25, -0.2) is 8.78 Å². The van der Waals surface area contributed by atoms with Crippen LogP contribution < -0.4 is 10.9 Å². The molecule has 0 atom stereocenters. The van der Waals surface area contributed by atoms with Crippen LogP contribution in [0.15, 0.2) is 47.4 Å². The lowest BCUT2D eigenvalue weighted by Gasteiger charge is -2.15. The first-order chi connectivity index (χ1) is 13.6. The van der Waals surface area contributed by atoms with Crippen LogP contribution in [-0.2, 0) is 22.7 Å². The first-order valence-electron chi connectivity index (χ1n) is 8.06. The number of nitrogens with one attached hydrogen (secondary N) is 1. The van der Waals surface area contributed by atoms with Gasteiger partial charge >= 0.3 is 12.3 Å². The van der Waals surface area contributed by atoms with Crippen molar-refractivity contribution in [2.45, 2.75) is 25.5 Å². The van der Waals surface area contributed by atoms with Gasteiger partial charge in [0, 0.05) is 17.8 Å². The van der Waals surface area contributed by atoms with Gasteiger partial charge in [-0.3, -0.25) is 24.3 Å². The standard InChI is InChI=1S/C17H15F4N3O5/c18-16(19)17(20,21)10-29-9-11-2-1-3-12(6-11)22-14(25)8-23-7-13(24(27)28)4-5-15(23)26/h1-7,16H,8-10H2,(H,22,25). The van der Waals surface area contributed by atoms with Crippen LogP contribution in [0, 0.1) is 10.1 Å². The number of hydrogen-bond acceptors (Lipinski definition) is 5. The molecule has 0 aliphatic heterocycles. The highest BCUT2D eigenvalue weighted by Gasteiger charge is 2.40. The van der Waals surface area contributed by atoms with E-state index in [4.69, 9.17) is 0 Å². The van der Waals surface area contributed by atoms with Gasteiger partial charge in [-0.15, -0.1) is 0 Å². The molecule has 29 heavy (non-hydrogen) atoms. The molecule has 1 aromatic carbocycles. The number of ether oxygens (including phenoxy) is 1. The van der Waals surface area contributed by atoms with Crippen LogP contribution in [0.3, 0.4) is 0 Å². The number of rotatable bonds is 9. The van der Waals surface area contributed by atoms with Gasteiger partial charge in [-0.1, -0.05) is 12.1 Å². The van der Waals surface area contributed by atoms with Crippen molar-refractivity contribution in [1.82, 2.24) is 4.57 Å². The van der Waals surface area contributed by atoms with E-state index in [1.807, 2.05) is 0 Å². The second-order valence-corrected chi connectivity index (χ2v) is 5.91. The monoisotopic (exact) mass is 417 g/mol. The third-order valence-electron chi connectivity index (χ3n) is 3.59. The number of halogens is 4. The summed E-state index contributed by atoms with van der Waals surface area (Å²) in [5.41, 5.74) is -0.416. The van der Waals surface area contributed by atoms with Crippen LogP contribution in [0.4, 0.5) is 28.9 Å². The van der Waals surface area contributed by atoms with E-state index in [2.05, 4.69) is 10.1 Å². The fraction of sp³-hybridized carbons (Fsp3) is 0.294. The Morgan fingerprint density at radius 1 is 1.28 bits per heavy atom. The number of aromatic nitrogens is 1. The quantitative estimate of drug-likeness (QED) is 0.384. The SMILES string of the molecule is O=C(Cn1cc([N+](=O)[O-])ccc1=O)Nc1cccc(COCC(F)(F)C(F)F)c1. The minimum atomic E-state index is -4.27. The Bertz CT molecular complexity index is 949. The van der Waals surface area contributed by atoms with Crippen molar-refractivity contribution in [2.24, 2.45) is 0 Å². The number of carbonyl (C=O) groups is 1. The second-order valence-electron chi connectivity index (χ2n) is 5.91. The minimum Gasteiger partial charge on any atom is -0.370 e. The molecule has 1 amide bonds. The number of hydrogen-bond donors (Lipinski definition) is 1. The lowest BCUT2D eigenvalue weighted by atomic mass is 10.2. The van der Waals surface area contributed by atoms with E-state index >= 15 is 0 Å². The molecule has 0 bridgehead atoms. The molecule has 0 unspecified atom stereocenters. The summed E-state index contributed by atoms with van der Waals surface area (Å²) in [6, 6.07) is 7.75. The van der Waals surface area contributed by atoms with Crippen LogP contribution in [0.25, 0.3) is 0 Å². The van der Waals surface area contributed by atoms with Crippen molar-refractivity contribution < 1.29 is 32.0 Å². The number of alkyl halides is 4. The van der Waals surface area contributed by atoms with Gasteiger partial charge in [-0.05, 0) is 17.7 Å². The number of amides is 1. The van der Waals surface area contributed by atoms with Gasteiger partial charge in [0.05, 0.1) is 17.7 Å². The van der Waals surface area contributed by atoms with Crippen molar-refractivity contribution in [3.63, 3.8) is 0 Å². The Morgan fingerprint density at radius 2 is 2.00 bits per heavy atom. The van der Waals surface area contributed by atoms with Gasteiger partial charge < -0.3 is 10.1 Å². The van der Waals surface area contributed by atoms with E-state index < -0.39 is 48.5 Å². The Hall–Kier alpha value is -3.28. The maximum atomic E-state index is 12.8. The highest BCUT2D eigenvalue weighted by atomic mass is 19.3. The number of carbonyl (C=O) groups excluding carboxylic acids is 1. The lowest BCUT2D eigenvalue weighted by molar-refractivity contribution is -0.385. The second kappa shape index (κ2) is 9.28. The van der Waals surface area contributed by atoms with Gasteiger partial charge in [-0.2, -0.15) is 8.78 Å². The van der Waals surface area contributed by atoms with Crippen LogP contribution >= 0.6 is 0 Å². The van der Waals surface area contributed by atoms with Crippen LogP contribution in [0.5, 0.6) is 0 Å². The van der Waals surface area contributed by atoms with E-state index in [0.717, 1.165) is 22.9 Å². The highest BCUT2D eigenvalue weighted by Crippen LogP contribution is 2.23. The molecule has 0 aliphatic carbocycles. The van der Waals surface area contributed by atoms with Gasteiger partial charge in [0.2, 0.25) is 5.91 Å². The average Bonchev–Trinajstić information content (AvgIpc) is 2.63. The molecule has 2 aromatic rings. The zero-order chi connectivity index (χ0) is 21.6. The normalized spacial score (nSPS) is 11.5. The predicted octanol–water partition coefficient (Wildman–Crippen LogP) is 2.81. The van der Waals surface area contributed by atoms with Crippen LogP contribution in [0.2, 0.25) is 0 Å². The van der Waals surface area contributed by atoms with Crippen LogP contribution in [0.1, 0.15) is 5.56 Å². The highest BCUT2D eigenvalue weighted by molar-refractivity contribution is 5.90. The Balaban J connectivity index is 1.98. The fourth-order valence-electron chi connectivity index (χ4n) is 2.21. The number of pyridine rings is 1. The van der Waals surface area contributed by atoms with Crippen LogP contribution in [-0.4, -0.2) is 34.4 Å². The minimum absolute atomic E-state index is 0.232. The number of nitro groups is 1. The molecule has 1 N–H and O–H groups in total. The number of nitrogens with zero attached hydrogens (tertiary/aromatic N) is 2. The summed E-state index contributed by atoms with van der Waals surface area (Å²) >= 11 is 0. The summed E-state index contributed by atoms with van der Waals surface area (Å²) < 4.78 is 55.3. The van der Waals surface area contributed by atoms with Crippen molar-refractivity contribution in [3.8, 4) is 0 Å². The summed E-state index contributed by atoms with van der Waals surface area (Å²) in [7, 11) is 0. The van der Waals surface area contributed by atoms with E-state index in [9.17, 15) is 37.3 Å². The molecular weight excluding hydrogens is 402 g/mol. The molecule has 0 aliphatic rings. The topological polar surface area (TPSA) is 103 Å². The zero-order valence-electron chi connectivity index (χ0n) is 14.7. The molecule has 0 saturated carbocycles. The summed E-state index contributed by atoms with van der Waals surface area (Å²) in [5, 5.41) is 13.2.